The number of nitrogens with one attached hydrogen (secondary N) is 1. The van der Waals surface area contributed by atoms with Crippen molar-refractivity contribution in [3.8, 4) is 0 Å². The maximum Gasteiger partial charge on any atom is 0.194 e. The zero-order valence-corrected chi connectivity index (χ0v) is 15.8. The van der Waals surface area contributed by atoms with E-state index in [9.17, 15) is 0 Å². The van der Waals surface area contributed by atoms with Crippen LogP contribution in [0.1, 0.15) is 49.6 Å². The number of hydrogen-bond donors (Lipinski definition) is 1. The lowest BCUT2D eigenvalue weighted by Crippen LogP contribution is -2.46. The molecule has 0 amide bonds. The quantitative estimate of drug-likeness (QED) is 0.833. The van der Waals surface area contributed by atoms with Crippen molar-refractivity contribution in [2.45, 2.75) is 65.1 Å². The average molecular weight is 341 g/mol. The Hall–Kier alpha value is -1.65. The molecule has 1 aromatic heterocycles. The third kappa shape index (κ3) is 4.93. The summed E-state index contributed by atoms with van der Waals surface area (Å²) < 4.78 is 5.80. The van der Waals surface area contributed by atoms with E-state index >= 15 is 0 Å². The Morgan fingerprint density at radius 3 is 2.60 bits per heavy atom. The van der Waals surface area contributed by atoms with Gasteiger partial charge in [0.25, 0.3) is 0 Å². The highest BCUT2D eigenvalue weighted by molar-refractivity contribution is 5.15. The minimum atomic E-state index is 0.578. The summed E-state index contributed by atoms with van der Waals surface area (Å²) in [7, 11) is 0. The molecule has 4 nitrogen and oxygen atoms in total. The van der Waals surface area contributed by atoms with Crippen molar-refractivity contribution in [2.24, 2.45) is 0 Å². The molecule has 0 aliphatic carbocycles. The Kier molecular flexibility index (Phi) is 6.27. The summed E-state index contributed by atoms with van der Waals surface area (Å²) in [6, 6.07) is 12.0. The van der Waals surface area contributed by atoms with Crippen molar-refractivity contribution in [2.75, 3.05) is 13.1 Å². The minimum Gasteiger partial charge on any atom is -0.444 e. The van der Waals surface area contributed by atoms with Gasteiger partial charge in [-0.25, -0.2) is 4.98 Å². The van der Waals surface area contributed by atoms with Gasteiger partial charge in [0.15, 0.2) is 5.89 Å². The van der Waals surface area contributed by atoms with Crippen LogP contribution in [-0.4, -0.2) is 35.1 Å². The Labute approximate surface area is 151 Å². The summed E-state index contributed by atoms with van der Waals surface area (Å²) in [5.41, 5.74) is 2.46. The summed E-state index contributed by atoms with van der Waals surface area (Å²) in [6.07, 6.45) is 4.40. The van der Waals surface area contributed by atoms with Crippen LogP contribution < -0.4 is 5.32 Å². The zero-order chi connectivity index (χ0) is 17.6. The number of aryl methyl sites for hydroxylation is 2. The number of nitrogens with zero attached hydrogens (tertiary/aromatic N) is 2. The maximum absolute atomic E-state index is 5.80. The molecule has 2 heterocycles. The lowest BCUT2D eigenvalue weighted by atomic mass is 10.00. The largest absolute Gasteiger partial charge is 0.444 e. The standard InChI is InChI=1S/C21H31N3O/c1-4-21-23-17(3)20(25-21)15-22-19-10-12-24(13-11-19)16(2)14-18-8-6-5-7-9-18/h5-9,16,19,22H,4,10-15H2,1-3H3. The summed E-state index contributed by atoms with van der Waals surface area (Å²) in [6.45, 7) is 9.60. The second kappa shape index (κ2) is 8.63. The molecule has 136 valence electrons. The van der Waals surface area contributed by atoms with Gasteiger partial charge in [-0.1, -0.05) is 37.3 Å². The normalized spacial score (nSPS) is 17.7. The van der Waals surface area contributed by atoms with E-state index in [-0.39, 0.29) is 0 Å². The Bertz CT molecular complexity index is 644. The first-order valence-electron chi connectivity index (χ1n) is 9.62. The van der Waals surface area contributed by atoms with E-state index in [0.717, 1.165) is 36.7 Å². The second-order valence-corrected chi connectivity index (χ2v) is 7.20. The number of oxazole rings is 1. The smallest absolute Gasteiger partial charge is 0.194 e. The van der Waals surface area contributed by atoms with Gasteiger partial charge in [0.2, 0.25) is 0 Å². The molecule has 1 atom stereocenters. The van der Waals surface area contributed by atoms with Crippen LogP contribution in [-0.2, 0) is 19.4 Å². The fourth-order valence-corrected chi connectivity index (χ4v) is 3.67. The number of likely N-dealkylation sites (tertiary alicyclic amines) is 1. The SMILES string of the molecule is CCc1nc(C)c(CNC2CCN(C(C)Cc3ccccc3)CC2)o1. The molecule has 0 saturated carbocycles. The van der Waals surface area contributed by atoms with E-state index in [0.29, 0.717) is 12.1 Å². The first-order valence-corrected chi connectivity index (χ1v) is 9.62. The molecule has 0 bridgehead atoms. The van der Waals surface area contributed by atoms with Crippen molar-refractivity contribution in [1.29, 1.82) is 0 Å². The summed E-state index contributed by atoms with van der Waals surface area (Å²) >= 11 is 0. The molecule has 1 aliphatic heterocycles. The van der Waals surface area contributed by atoms with E-state index in [2.05, 4.69) is 59.4 Å². The molecule has 0 spiro atoms. The third-order valence-electron chi connectivity index (χ3n) is 5.32. The Balaban J connectivity index is 1.43. The molecule has 3 rings (SSSR count). The van der Waals surface area contributed by atoms with Crippen LogP contribution >= 0.6 is 0 Å². The van der Waals surface area contributed by atoms with Crippen molar-refractivity contribution >= 4 is 0 Å². The van der Waals surface area contributed by atoms with Crippen LogP contribution in [0.3, 0.4) is 0 Å². The summed E-state index contributed by atoms with van der Waals surface area (Å²) in [5.74, 6) is 1.84. The van der Waals surface area contributed by atoms with E-state index < -0.39 is 0 Å². The predicted molar refractivity (Wildman–Crippen MR) is 102 cm³/mol. The first-order chi connectivity index (χ1) is 12.2. The molecule has 1 unspecified atom stereocenters. The van der Waals surface area contributed by atoms with Crippen LogP contribution in [0, 0.1) is 6.92 Å². The summed E-state index contributed by atoms with van der Waals surface area (Å²) in [5, 5.41) is 3.66. The number of rotatable bonds is 7. The van der Waals surface area contributed by atoms with E-state index in [4.69, 9.17) is 4.42 Å². The van der Waals surface area contributed by atoms with Gasteiger partial charge in [-0.05, 0) is 51.8 Å². The topological polar surface area (TPSA) is 41.3 Å². The molecule has 0 radical (unpaired) electrons. The van der Waals surface area contributed by atoms with Gasteiger partial charge in [0.05, 0.1) is 12.2 Å². The van der Waals surface area contributed by atoms with Crippen LogP contribution in [0.2, 0.25) is 0 Å². The van der Waals surface area contributed by atoms with Gasteiger partial charge in [-0.2, -0.15) is 0 Å². The number of piperidine rings is 1. The Morgan fingerprint density at radius 1 is 1.24 bits per heavy atom. The molecule has 4 heteroatoms. The predicted octanol–water partition coefficient (Wildman–Crippen LogP) is 3.73. The van der Waals surface area contributed by atoms with Gasteiger partial charge in [0, 0.05) is 18.5 Å². The van der Waals surface area contributed by atoms with Gasteiger partial charge in [0.1, 0.15) is 5.76 Å². The van der Waals surface area contributed by atoms with Gasteiger partial charge in [-0.15, -0.1) is 0 Å². The number of hydrogen-bond acceptors (Lipinski definition) is 4. The average Bonchev–Trinajstić information content (AvgIpc) is 3.01. The molecule has 1 fully saturated rings. The minimum absolute atomic E-state index is 0.578. The van der Waals surface area contributed by atoms with Crippen LogP contribution in [0.25, 0.3) is 0 Å². The fraction of sp³-hybridized carbons (Fsp3) is 0.571. The fourth-order valence-electron chi connectivity index (χ4n) is 3.67. The van der Waals surface area contributed by atoms with Gasteiger partial charge < -0.3 is 14.6 Å². The van der Waals surface area contributed by atoms with E-state index in [1.54, 1.807) is 0 Å². The van der Waals surface area contributed by atoms with Crippen LogP contribution in [0.15, 0.2) is 34.7 Å². The molecule has 1 N–H and O–H groups in total. The second-order valence-electron chi connectivity index (χ2n) is 7.20. The molecular formula is C21H31N3O. The summed E-state index contributed by atoms with van der Waals surface area (Å²) in [4.78, 5) is 7.08. The van der Waals surface area contributed by atoms with Crippen molar-refractivity contribution in [3.05, 3.63) is 53.2 Å². The van der Waals surface area contributed by atoms with Crippen molar-refractivity contribution < 1.29 is 4.42 Å². The van der Waals surface area contributed by atoms with Gasteiger partial charge >= 0.3 is 0 Å². The van der Waals surface area contributed by atoms with E-state index in [1.807, 2.05) is 6.92 Å². The number of benzene rings is 1. The lowest BCUT2D eigenvalue weighted by molar-refractivity contribution is 0.150. The van der Waals surface area contributed by atoms with Crippen molar-refractivity contribution in [3.63, 3.8) is 0 Å². The van der Waals surface area contributed by atoms with Crippen LogP contribution in [0.5, 0.6) is 0 Å². The highest BCUT2D eigenvalue weighted by Crippen LogP contribution is 2.17. The van der Waals surface area contributed by atoms with Gasteiger partial charge in [-0.3, -0.25) is 0 Å². The maximum atomic E-state index is 5.80. The monoisotopic (exact) mass is 341 g/mol. The van der Waals surface area contributed by atoms with E-state index in [1.165, 1.54) is 31.5 Å². The molecule has 1 aromatic carbocycles. The Morgan fingerprint density at radius 2 is 1.96 bits per heavy atom. The zero-order valence-electron chi connectivity index (χ0n) is 15.8. The molecule has 25 heavy (non-hydrogen) atoms. The highest BCUT2D eigenvalue weighted by Gasteiger charge is 2.23. The third-order valence-corrected chi connectivity index (χ3v) is 5.32. The highest BCUT2D eigenvalue weighted by atomic mass is 16.4. The lowest BCUT2D eigenvalue weighted by Gasteiger charge is -2.36. The first kappa shape index (κ1) is 18.2. The molecular weight excluding hydrogens is 310 g/mol. The molecule has 1 aliphatic rings. The van der Waals surface area contributed by atoms with Crippen molar-refractivity contribution in [1.82, 2.24) is 15.2 Å². The number of aromatic nitrogens is 1. The molecule has 2 aromatic rings. The van der Waals surface area contributed by atoms with Crippen LogP contribution in [0.4, 0.5) is 0 Å². The molecule has 1 saturated heterocycles.